The molecule has 1 N–H and O–H groups in total. The van der Waals surface area contributed by atoms with Crippen molar-refractivity contribution >= 4 is 28.8 Å². The van der Waals surface area contributed by atoms with Gasteiger partial charge in [-0.05, 0) is 41.0 Å². The molecule has 8 heteroatoms. The van der Waals surface area contributed by atoms with Gasteiger partial charge in [-0.25, -0.2) is 9.79 Å². The fraction of sp³-hybridized carbons (Fsp3) is 0.286. The Morgan fingerprint density at radius 1 is 1.25 bits per heavy atom. The second kappa shape index (κ2) is 11.4. The van der Waals surface area contributed by atoms with Crippen LogP contribution in [0.2, 0.25) is 0 Å². The maximum absolute atomic E-state index is 13.2. The second-order valence-corrected chi connectivity index (χ2v) is 9.75. The molecule has 2 aliphatic rings. The van der Waals surface area contributed by atoms with E-state index in [4.69, 9.17) is 9.73 Å². The van der Waals surface area contributed by atoms with Crippen molar-refractivity contribution in [1.29, 1.82) is 0 Å². The topological polar surface area (TPSA) is 83.9 Å². The Balaban J connectivity index is 1.62. The van der Waals surface area contributed by atoms with Crippen LogP contribution >= 0.6 is 11.8 Å². The van der Waals surface area contributed by atoms with Gasteiger partial charge < -0.3 is 15.0 Å². The highest BCUT2D eigenvalue weighted by molar-refractivity contribution is 8.16. The Kier molecular flexibility index (Phi) is 8.05. The van der Waals surface area contributed by atoms with Crippen LogP contribution in [0.25, 0.3) is 0 Å². The van der Waals surface area contributed by atoms with Gasteiger partial charge in [-0.2, -0.15) is 0 Å². The number of benzene rings is 1. The van der Waals surface area contributed by atoms with Crippen molar-refractivity contribution in [2.24, 2.45) is 4.99 Å². The monoisotopic (exact) mass is 502 g/mol. The third-order valence-electron chi connectivity index (χ3n) is 6.03. The van der Waals surface area contributed by atoms with E-state index in [0.717, 1.165) is 22.0 Å². The molecule has 0 unspecified atom stereocenters. The van der Waals surface area contributed by atoms with E-state index in [1.165, 1.54) is 17.3 Å². The standard InChI is InChI=1S/C28H30N4O3S/c1-5-13-35-27(34)25-19(4)31-28-32(26(25)22-10-8-21(9-11-22)18(2)3)23(17-36-28)14-24(33)30-16-20-7-6-12-29-15-20/h5-12,15,17-18,26H,1,13-14,16H2,2-4H3,(H,30,33)/t26-/m1/s1. The Hall–Kier alpha value is -3.65. The zero-order valence-electron chi connectivity index (χ0n) is 20.7. The van der Waals surface area contributed by atoms with Crippen LogP contribution < -0.4 is 5.32 Å². The molecule has 0 saturated heterocycles. The number of hydrogen-bond acceptors (Lipinski definition) is 7. The van der Waals surface area contributed by atoms with Crippen molar-refractivity contribution in [3.05, 3.63) is 101 Å². The number of carbonyl (C=O) groups is 2. The average molecular weight is 503 g/mol. The fourth-order valence-electron chi connectivity index (χ4n) is 4.15. The minimum atomic E-state index is -0.455. The minimum Gasteiger partial charge on any atom is -0.458 e. The van der Waals surface area contributed by atoms with E-state index in [1.54, 1.807) is 18.5 Å². The van der Waals surface area contributed by atoms with Gasteiger partial charge in [0.2, 0.25) is 5.91 Å². The summed E-state index contributed by atoms with van der Waals surface area (Å²) in [6.07, 6.45) is 5.12. The number of fused-ring (bicyclic) bond motifs is 1. The van der Waals surface area contributed by atoms with Gasteiger partial charge >= 0.3 is 5.97 Å². The van der Waals surface area contributed by atoms with E-state index in [0.29, 0.717) is 23.7 Å². The van der Waals surface area contributed by atoms with E-state index < -0.39 is 12.0 Å². The third-order valence-corrected chi connectivity index (χ3v) is 6.91. The van der Waals surface area contributed by atoms with Crippen molar-refractivity contribution < 1.29 is 14.3 Å². The van der Waals surface area contributed by atoms with Gasteiger partial charge in [0.05, 0.1) is 23.7 Å². The number of amides is 1. The summed E-state index contributed by atoms with van der Waals surface area (Å²) in [6, 6.07) is 11.6. The van der Waals surface area contributed by atoms with Gasteiger partial charge in [-0.3, -0.25) is 9.78 Å². The van der Waals surface area contributed by atoms with Gasteiger partial charge in [-0.15, -0.1) is 0 Å². The summed E-state index contributed by atoms with van der Waals surface area (Å²) < 4.78 is 5.44. The number of nitrogens with one attached hydrogen (secondary N) is 1. The lowest BCUT2D eigenvalue weighted by Gasteiger charge is -2.36. The molecule has 0 aliphatic carbocycles. The number of aromatic nitrogens is 1. The molecule has 186 valence electrons. The highest BCUT2D eigenvalue weighted by Gasteiger charge is 2.41. The number of allylic oxidation sites excluding steroid dienone is 1. The van der Waals surface area contributed by atoms with Gasteiger partial charge in [0.1, 0.15) is 6.61 Å². The van der Waals surface area contributed by atoms with Gasteiger partial charge in [0.25, 0.3) is 0 Å². The number of hydrogen-bond donors (Lipinski definition) is 1. The molecule has 36 heavy (non-hydrogen) atoms. The van der Waals surface area contributed by atoms with E-state index in [1.807, 2.05) is 41.5 Å². The molecular formula is C28H30N4O3S. The van der Waals surface area contributed by atoms with Crippen LogP contribution in [0, 0.1) is 0 Å². The molecule has 2 aromatic rings. The molecular weight excluding hydrogens is 472 g/mol. The van der Waals surface area contributed by atoms with Gasteiger partial charge in [0.15, 0.2) is 5.17 Å². The molecule has 1 atom stereocenters. The molecule has 0 fully saturated rings. The van der Waals surface area contributed by atoms with Crippen LogP contribution in [0.5, 0.6) is 0 Å². The smallest absolute Gasteiger partial charge is 0.338 e. The van der Waals surface area contributed by atoms with Crippen molar-refractivity contribution in [2.45, 2.75) is 45.7 Å². The number of ether oxygens (including phenoxy) is 1. The highest BCUT2D eigenvalue weighted by Crippen LogP contribution is 2.45. The molecule has 3 heterocycles. The van der Waals surface area contributed by atoms with Crippen molar-refractivity contribution in [1.82, 2.24) is 15.2 Å². The van der Waals surface area contributed by atoms with E-state index >= 15 is 0 Å². The number of esters is 1. The summed E-state index contributed by atoms with van der Waals surface area (Å²) in [5.74, 6) is -0.175. The van der Waals surface area contributed by atoms with Gasteiger partial charge in [0, 0.05) is 24.6 Å². The minimum absolute atomic E-state index is 0.111. The molecule has 0 saturated carbocycles. The number of rotatable bonds is 9. The molecule has 1 amide bonds. The Morgan fingerprint density at radius 3 is 2.69 bits per heavy atom. The molecule has 0 radical (unpaired) electrons. The normalized spacial score (nSPS) is 16.9. The molecule has 1 aromatic heterocycles. The Morgan fingerprint density at radius 2 is 2.03 bits per heavy atom. The summed E-state index contributed by atoms with van der Waals surface area (Å²) in [6.45, 7) is 10.3. The fourth-order valence-corrected chi connectivity index (χ4v) is 5.12. The molecule has 0 spiro atoms. The lowest BCUT2D eigenvalue weighted by Crippen LogP contribution is -2.38. The maximum atomic E-state index is 13.2. The zero-order chi connectivity index (χ0) is 25.7. The summed E-state index contributed by atoms with van der Waals surface area (Å²) in [7, 11) is 0. The molecule has 7 nitrogen and oxygen atoms in total. The predicted octanol–water partition coefficient (Wildman–Crippen LogP) is 5.22. The quantitative estimate of drug-likeness (QED) is 0.374. The summed E-state index contributed by atoms with van der Waals surface area (Å²) >= 11 is 1.45. The first kappa shape index (κ1) is 25.4. The van der Waals surface area contributed by atoms with Crippen LogP contribution in [0.3, 0.4) is 0 Å². The molecule has 2 aliphatic heterocycles. The third kappa shape index (κ3) is 5.60. The van der Waals surface area contributed by atoms with Crippen LogP contribution in [-0.2, 0) is 20.9 Å². The Bertz CT molecular complexity index is 1230. The van der Waals surface area contributed by atoms with Gasteiger partial charge in [-0.1, -0.05) is 68.6 Å². The molecule has 1 aromatic carbocycles. The summed E-state index contributed by atoms with van der Waals surface area (Å²) in [5, 5.41) is 5.63. The number of aliphatic imine (C=N–C) groups is 1. The first-order valence-corrected chi connectivity index (χ1v) is 12.7. The van der Waals surface area contributed by atoms with Crippen molar-refractivity contribution in [3.63, 3.8) is 0 Å². The van der Waals surface area contributed by atoms with E-state index in [-0.39, 0.29) is 18.9 Å². The van der Waals surface area contributed by atoms with Crippen LogP contribution in [0.4, 0.5) is 0 Å². The summed E-state index contributed by atoms with van der Waals surface area (Å²) in [5.41, 5.74) is 4.91. The number of pyridine rings is 1. The van der Waals surface area contributed by atoms with Crippen molar-refractivity contribution in [3.8, 4) is 0 Å². The predicted molar refractivity (Wildman–Crippen MR) is 143 cm³/mol. The average Bonchev–Trinajstić information content (AvgIpc) is 3.27. The molecule has 4 rings (SSSR count). The number of amidine groups is 1. The summed E-state index contributed by atoms with van der Waals surface area (Å²) in [4.78, 5) is 36.8. The highest BCUT2D eigenvalue weighted by atomic mass is 32.2. The number of nitrogens with zero attached hydrogens (tertiary/aromatic N) is 3. The lowest BCUT2D eigenvalue weighted by molar-refractivity contribution is -0.138. The SMILES string of the molecule is C=CCOC(=O)C1=C(C)N=C2SC=C(CC(=O)NCc3cccnc3)N2[C@@H]1c1ccc(C(C)C)cc1. The number of thioether (sulfide) groups is 1. The van der Waals surface area contributed by atoms with Crippen LogP contribution in [-0.4, -0.2) is 33.5 Å². The zero-order valence-corrected chi connectivity index (χ0v) is 21.5. The first-order valence-electron chi connectivity index (χ1n) is 11.9. The lowest BCUT2D eigenvalue weighted by atomic mass is 9.92. The van der Waals surface area contributed by atoms with Crippen LogP contribution in [0.15, 0.2) is 88.8 Å². The largest absolute Gasteiger partial charge is 0.458 e. The van der Waals surface area contributed by atoms with Crippen molar-refractivity contribution in [2.75, 3.05) is 6.61 Å². The maximum Gasteiger partial charge on any atom is 0.338 e. The number of carbonyl (C=O) groups excluding carboxylic acids is 2. The van der Waals surface area contributed by atoms with Crippen LogP contribution in [0.1, 0.15) is 55.8 Å². The van der Waals surface area contributed by atoms with E-state index in [2.05, 4.69) is 42.9 Å². The first-order chi connectivity index (χ1) is 17.4. The Labute approximate surface area is 216 Å². The molecule has 0 bridgehead atoms. The van der Waals surface area contributed by atoms with E-state index in [9.17, 15) is 9.59 Å². The second-order valence-electron chi connectivity index (χ2n) is 8.92.